The first-order valence-electron chi connectivity index (χ1n) is 5.21. The van der Waals surface area contributed by atoms with E-state index in [-0.39, 0.29) is 6.17 Å². The lowest BCUT2D eigenvalue weighted by Crippen LogP contribution is -2.29. The predicted octanol–water partition coefficient (Wildman–Crippen LogP) is 3.23. The van der Waals surface area contributed by atoms with Gasteiger partial charge in [-0.3, -0.25) is 0 Å². The Labute approximate surface area is 91.3 Å². The zero-order valence-corrected chi connectivity index (χ0v) is 10.4. The zero-order chi connectivity index (χ0) is 10.9. The molecule has 15 heavy (non-hydrogen) atoms. The van der Waals surface area contributed by atoms with E-state index >= 15 is 0 Å². The van der Waals surface area contributed by atoms with Gasteiger partial charge in [0.1, 0.15) is 5.75 Å². The molecule has 4 heteroatoms. The standard InChI is InChI=1S/C11H16N2OSi/c1-15(2,3)14-10-6-4-9(5-7-10)8-11-12-13-11/h4-7,11H,8H2,1-3H3. The van der Waals surface area contributed by atoms with Crippen LogP contribution in [0.4, 0.5) is 0 Å². The second-order valence-corrected chi connectivity index (χ2v) is 9.20. The second kappa shape index (κ2) is 3.77. The third-order valence-electron chi connectivity index (χ3n) is 2.04. The van der Waals surface area contributed by atoms with Crippen LogP contribution in [0, 0.1) is 0 Å². The number of rotatable bonds is 4. The van der Waals surface area contributed by atoms with Gasteiger partial charge >= 0.3 is 0 Å². The fourth-order valence-corrected chi connectivity index (χ4v) is 2.23. The lowest BCUT2D eigenvalue weighted by molar-refractivity contribution is 0.557. The molecule has 1 aliphatic heterocycles. The Morgan fingerprint density at radius 1 is 1.13 bits per heavy atom. The highest BCUT2D eigenvalue weighted by Crippen LogP contribution is 2.20. The van der Waals surface area contributed by atoms with E-state index in [1.54, 1.807) is 0 Å². The molecule has 0 fully saturated rings. The van der Waals surface area contributed by atoms with Crippen molar-refractivity contribution in [3.63, 3.8) is 0 Å². The van der Waals surface area contributed by atoms with Crippen molar-refractivity contribution in [2.24, 2.45) is 10.2 Å². The van der Waals surface area contributed by atoms with Crippen molar-refractivity contribution in [3.05, 3.63) is 29.8 Å². The van der Waals surface area contributed by atoms with E-state index in [1.807, 2.05) is 12.1 Å². The third kappa shape index (κ3) is 3.47. The molecule has 0 spiro atoms. The van der Waals surface area contributed by atoms with Crippen molar-refractivity contribution < 1.29 is 4.43 Å². The topological polar surface area (TPSA) is 34.0 Å². The van der Waals surface area contributed by atoms with Gasteiger partial charge in [-0.1, -0.05) is 12.1 Å². The Kier molecular flexibility index (Phi) is 2.60. The van der Waals surface area contributed by atoms with Crippen LogP contribution >= 0.6 is 0 Å². The average molecular weight is 220 g/mol. The summed E-state index contributed by atoms with van der Waals surface area (Å²) < 4.78 is 5.87. The largest absolute Gasteiger partial charge is 0.544 e. The molecule has 0 radical (unpaired) electrons. The molecule has 0 N–H and O–H groups in total. The maximum Gasteiger partial charge on any atom is 0.242 e. The Balaban J connectivity index is 1.96. The maximum atomic E-state index is 5.87. The summed E-state index contributed by atoms with van der Waals surface area (Å²) in [5.74, 6) is 0.975. The van der Waals surface area contributed by atoms with E-state index < -0.39 is 8.32 Å². The lowest BCUT2D eigenvalue weighted by atomic mass is 10.1. The van der Waals surface area contributed by atoms with Crippen molar-refractivity contribution in [3.8, 4) is 5.75 Å². The minimum Gasteiger partial charge on any atom is -0.544 e. The van der Waals surface area contributed by atoms with Crippen molar-refractivity contribution in [1.29, 1.82) is 0 Å². The van der Waals surface area contributed by atoms with Gasteiger partial charge in [-0.25, -0.2) is 0 Å². The Bertz CT molecular complexity index is 361. The summed E-state index contributed by atoms with van der Waals surface area (Å²) in [6.07, 6.45) is 1.14. The molecular weight excluding hydrogens is 204 g/mol. The summed E-state index contributed by atoms with van der Waals surface area (Å²) in [6.45, 7) is 6.55. The Morgan fingerprint density at radius 3 is 2.20 bits per heavy atom. The summed E-state index contributed by atoms with van der Waals surface area (Å²) >= 11 is 0. The van der Waals surface area contributed by atoms with Crippen molar-refractivity contribution in [2.45, 2.75) is 32.2 Å². The molecule has 2 rings (SSSR count). The van der Waals surface area contributed by atoms with E-state index in [2.05, 4.69) is 42.0 Å². The molecule has 0 atom stereocenters. The van der Waals surface area contributed by atoms with Crippen molar-refractivity contribution in [2.75, 3.05) is 0 Å². The second-order valence-electron chi connectivity index (χ2n) is 4.77. The minimum absolute atomic E-state index is 0.216. The van der Waals surface area contributed by atoms with Crippen LogP contribution in [-0.4, -0.2) is 14.5 Å². The lowest BCUT2D eigenvalue weighted by Gasteiger charge is -2.19. The van der Waals surface area contributed by atoms with Crippen LogP contribution in [0.15, 0.2) is 34.5 Å². The highest BCUT2D eigenvalue weighted by molar-refractivity contribution is 6.70. The fraction of sp³-hybridized carbons (Fsp3) is 0.455. The van der Waals surface area contributed by atoms with Gasteiger partial charge < -0.3 is 4.43 Å². The Morgan fingerprint density at radius 2 is 1.73 bits per heavy atom. The molecule has 0 unspecified atom stereocenters. The zero-order valence-electron chi connectivity index (χ0n) is 9.40. The molecular formula is C11H16N2OSi. The fourth-order valence-electron chi connectivity index (χ4n) is 1.39. The molecule has 0 aliphatic carbocycles. The molecule has 1 aromatic rings. The van der Waals surface area contributed by atoms with Gasteiger partial charge in [0, 0.05) is 6.42 Å². The smallest absolute Gasteiger partial charge is 0.242 e. The maximum absolute atomic E-state index is 5.87. The van der Waals surface area contributed by atoms with Gasteiger partial charge in [0.25, 0.3) is 0 Å². The van der Waals surface area contributed by atoms with Gasteiger partial charge in [0.05, 0.1) is 0 Å². The van der Waals surface area contributed by atoms with Crippen LogP contribution in [0.2, 0.25) is 19.6 Å². The minimum atomic E-state index is -1.47. The van der Waals surface area contributed by atoms with Crippen LogP contribution in [0.25, 0.3) is 0 Å². The quantitative estimate of drug-likeness (QED) is 0.717. The summed E-state index contributed by atoms with van der Waals surface area (Å²) in [4.78, 5) is 0. The molecule has 80 valence electrons. The summed E-state index contributed by atoms with van der Waals surface area (Å²) in [7, 11) is -1.47. The van der Waals surface area contributed by atoms with E-state index in [0.717, 1.165) is 12.2 Å². The molecule has 0 bridgehead atoms. The van der Waals surface area contributed by atoms with Gasteiger partial charge in [-0.05, 0) is 37.3 Å². The van der Waals surface area contributed by atoms with Gasteiger partial charge in [0.2, 0.25) is 8.32 Å². The normalized spacial score (nSPS) is 15.4. The Hall–Kier alpha value is -1.16. The average Bonchev–Trinajstić information content (AvgIpc) is 2.90. The van der Waals surface area contributed by atoms with Crippen molar-refractivity contribution in [1.82, 2.24) is 0 Å². The predicted molar refractivity (Wildman–Crippen MR) is 62.8 cm³/mol. The monoisotopic (exact) mass is 220 g/mol. The van der Waals surface area contributed by atoms with Crippen LogP contribution < -0.4 is 4.43 Å². The number of benzene rings is 1. The summed E-state index contributed by atoms with van der Waals surface area (Å²) in [5.41, 5.74) is 1.27. The van der Waals surface area contributed by atoms with Crippen LogP contribution in [0.5, 0.6) is 5.75 Å². The van der Waals surface area contributed by atoms with E-state index in [0.29, 0.717) is 0 Å². The highest BCUT2D eigenvalue weighted by Gasteiger charge is 2.17. The molecule has 0 saturated carbocycles. The molecule has 1 aromatic carbocycles. The van der Waals surface area contributed by atoms with Crippen molar-refractivity contribution >= 4 is 8.32 Å². The molecule has 1 heterocycles. The number of nitrogens with zero attached hydrogens (tertiary/aromatic N) is 2. The third-order valence-corrected chi connectivity index (χ3v) is 2.89. The molecule has 1 aliphatic rings. The summed E-state index contributed by atoms with van der Waals surface area (Å²) in [5, 5.41) is 7.76. The number of hydrogen-bond donors (Lipinski definition) is 0. The first-order valence-corrected chi connectivity index (χ1v) is 8.62. The molecule has 0 amide bonds. The first kappa shape index (κ1) is 10.4. The highest BCUT2D eigenvalue weighted by atomic mass is 28.4. The molecule has 0 saturated heterocycles. The molecule has 0 aromatic heterocycles. The van der Waals surface area contributed by atoms with E-state index in [1.165, 1.54) is 5.56 Å². The van der Waals surface area contributed by atoms with Gasteiger partial charge in [-0.2, -0.15) is 10.2 Å². The van der Waals surface area contributed by atoms with Gasteiger partial charge in [0.15, 0.2) is 6.17 Å². The molecule has 3 nitrogen and oxygen atoms in total. The SMILES string of the molecule is C[Si](C)(C)Oc1ccc(CC2N=N2)cc1. The first-order chi connectivity index (χ1) is 7.03. The van der Waals surface area contributed by atoms with Crippen LogP contribution in [0.1, 0.15) is 5.56 Å². The van der Waals surface area contributed by atoms with Crippen LogP contribution in [-0.2, 0) is 6.42 Å². The van der Waals surface area contributed by atoms with Gasteiger partial charge in [-0.15, -0.1) is 0 Å². The van der Waals surface area contributed by atoms with E-state index in [9.17, 15) is 0 Å². The van der Waals surface area contributed by atoms with Crippen LogP contribution in [0.3, 0.4) is 0 Å². The summed E-state index contributed by atoms with van der Waals surface area (Å²) in [6, 6.07) is 8.27. The van der Waals surface area contributed by atoms with E-state index in [4.69, 9.17) is 4.43 Å². The number of hydrogen-bond acceptors (Lipinski definition) is 3.